The van der Waals surface area contributed by atoms with Crippen LogP contribution in [0.25, 0.3) is 0 Å². The van der Waals surface area contributed by atoms with E-state index in [0.717, 1.165) is 18.5 Å². The van der Waals surface area contributed by atoms with Crippen LogP contribution in [0, 0.1) is 5.92 Å². The lowest BCUT2D eigenvalue weighted by molar-refractivity contribution is -0.121. The Labute approximate surface area is 90.1 Å². The first-order valence-corrected chi connectivity index (χ1v) is 5.46. The Balaban J connectivity index is 2.07. The minimum absolute atomic E-state index is 0.239. The van der Waals surface area contributed by atoms with Gasteiger partial charge in [0.05, 0.1) is 0 Å². The second-order valence-electron chi connectivity index (χ2n) is 4.08. The predicted molar refractivity (Wildman–Crippen MR) is 59.6 cm³/mol. The molecule has 1 amide bonds. The van der Waals surface area contributed by atoms with Gasteiger partial charge in [-0.15, -0.1) is 0 Å². The number of amides is 1. The Morgan fingerprint density at radius 2 is 1.93 bits per heavy atom. The number of anilines is 1. The quantitative estimate of drug-likeness (QED) is 0.740. The number of nitrogens with zero attached hydrogens (tertiary/aromatic N) is 2. The highest BCUT2D eigenvalue weighted by molar-refractivity contribution is 5.94. The molecule has 1 aromatic rings. The summed E-state index contributed by atoms with van der Waals surface area (Å²) in [5.41, 5.74) is 0.932. The van der Waals surface area contributed by atoms with E-state index in [0.29, 0.717) is 0 Å². The van der Waals surface area contributed by atoms with Crippen LogP contribution in [0.15, 0.2) is 24.5 Å². The van der Waals surface area contributed by atoms with Gasteiger partial charge in [0.15, 0.2) is 0 Å². The summed E-state index contributed by atoms with van der Waals surface area (Å²) in [7, 11) is 1.84. The molecule has 0 radical (unpaired) electrons. The minimum atomic E-state index is 0.239. The van der Waals surface area contributed by atoms with Crippen molar-refractivity contribution in [2.24, 2.45) is 5.92 Å². The molecule has 0 spiro atoms. The molecule has 1 heterocycles. The van der Waals surface area contributed by atoms with E-state index in [-0.39, 0.29) is 11.8 Å². The zero-order chi connectivity index (χ0) is 10.7. The zero-order valence-corrected chi connectivity index (χ0v) is 9.02. The highest BCUT2D eigenvalue weighted by atomic mass is 16.2. The maximum Gasteiger partial charge on any atom is 0.229 e. The lowest BCUT2D eigenvalue weighted by atomic mass is 10.1. The smallest absolute Gasteiger partial charge is 0.229 e. The minimum Gasteiger partial charge on any atom is -0.315 e. The van der Waals surface area contributed by atoms with E-state index in [9.17, 15) is 4.79 Å². The second-order valence-corrected chi connectivity index (χ2v) is 4.08. The fourth-order valence-corrected chi connectivity index (χ4v) is 2.14. The highest BCUT2D eigenvalue weighted by Gasteiger charge is 2.25. The van der Waals surface area contributed by atoms with Crippen LogP contribution in [0.5, 0.6) is 0 Å². The van der Waals surface area contributed by atoms with E-state index in [2.05, 4.69) is 4.98 Å². The van der Waals surface area contributed by atoms with Crippen LogP contribution in [0.2, 0.25) is 0 Å². The van der Waals surface area contributed by atoms with Crippen molar-refractivity contribution in [3.8, 4) is 0 Å². The van der Waals surface area contributed by atoms with Crippen molar-refractivity contribution in [1.29, 1.82) is 0 Å². The van der Waals surface area contributed by atoms with E-state index < -0.39 is 0 Å². The summed E-state index contributed by atoms with van der Waals surface area (Å²) in [5.74, 6) is 0.488. The lowest BCUT2D eigenvalue weighted by Crippen LogP contribution is -2.31. The predicted octanol–water partition coefficient (Wildman–Crippen LogP) is 2.23. The Hall–Kier alpha value is -1.38. The molecule has 2 rings (SSSR count). The molecule has 1 aliphatic rings. The van der Waals surface area contributed by atoms with Crippen LogP contribution in [0.4, 0.5) is 5.69 Å². The van der Waals surface area contributed by atoms with E-state index in [1.54, 1.807) is 17.3 Å². The van der Waals surface area contributed by atoms with Gasteiger partial charge in [0.25, 0.3) is 0 Å². The van der Waals surface area contributed by atoms with Gasteiger partial charge in [-0.3, -0.25) is 9.78 Å². The third-order valence-corrected chi connectivity index (χ3v) is 3.09. The number of aromatic nitrogens is 1. The molecule has 0 atom stereocenters. The molecule has 3 heteroatoms. The number of carbonyl (C=O) groups is 1. The van der Waals surface area contributed by atoms with Gasteiger partial charge in [0.2, 0.25) is 5.91 Å². The third-order valence-electron chi connectivity index (χ3n) is 3.09. The average Bonchev–Trinajstić information content (AvgIpc) is 2.82. The molecule has 0 aromatic carbocycles. The standard InChI is InChI=1S/C12H16N2O/c1-14(11-6-8-13-9-7-11)12(15)10-4-2-3-5-10/h6-10H,2-5H2,1H3. The number of carbonyl (C=O) groups excluding carboxylic acids is 1. The van der Waals surface area contributed by atoms with Gasteiger partial charge in [-0.1, -0.05) is 12.8 Å². The monoisotopic (exact) mass is 204 g/mol. The summed E-state index contributed by atoms with van der Waals surface area (Å²) in [6, 6.07) is 3.74. The molecule has 0 aliphatic heterocycles. The van der Waals surface area contributed by atoms with Crippen molar-refractivity contribution in [2.75, 3.05) is 11.9 Å². The van der Waals surface area contributed by atoms with Gasteiger partial charge in [-0.05, 0) is 25.0 Å². The summed E-state index contributed by atoms with van der Waals surface area (Å²) >= 11 is 0. The first-order valence-electron chi connectivity index (χ1n) is 5.46. The number of hydrogen-bond donors (Lipinski definition) is 0. The highest BCUT2D eigenvalue weighted by Crippen LogP contribution is 2.27. The van der Waals surface area contributed by atoms with Gasteiger partial charge in [0.1, 0.15) is 0 Å². The molecular weight excluding hydrogens is 188 g/mol. The lowest BCUT2D eigenvalue weighted by Gasteiger charge is -2.20. The molecule has 1 aromatic heterocycles. The van der Waals surface area contributed by atoms with Crippen LogP contribution in [0.1, 0.15) is 25.7 Å². The molecule has 0 unspecified atom stereocenters. The second kappa shape index (κ2) is 4.43. The third kappa shape index (κ3) is 2.17. The molecule has 0 N–H and O–H groups in total. The average molecular weight is 204 g/mol. The van der Waals surface area contributed by atoms with Crippen LogP contribution in [-0.4, -0.2) is 17.9 Å². The van der Waals surface area contributed by atoms with Crippen LogP contribution >= 0.6 is 0 Å². The van der Waals surface area contributed by atoms with E-state index in [4.69, 9.17) is 0 Å². The van der Waals surface area contributed by atoms with E-state index >= 15 is 0 Å². The van der Waals surface area contributed by atoms with Crippen molar-refractivity contribution in [1.82, 2.24) is 4.98 Å². The Morgan fingerprint density at radius 1 is 1.33 bits per heavy atom. The molecule has 0 bridgehead atoms. The van der Waals surface area contributed by atoms with Crippen molar-refractivity contribution >= 4 is 11.6 Å². The Kier molecular flexibility index (Phi) is 2.99. The normalized spacial score (nSPS) is 16.6. The molecule has 0 saturated heterocycles. The van der Waals surface area contributed by atoms with Crippen LogP contribution < -0.4 is 4.90 Å². The molecule has 1 aliphatic carbocycles. The van der Waals surface area contributed by atoms with Crippen LogP contribution in [-0.2, 0) is 4.79 Å². The number of hydrogen-bond acceptors (Lipinski definition) is 2. The first kappa shape index (κ1) is 10.1. The fraction of sp³-hybridized carbons (Fsp3) is 0.500. The zero-order valence-electron chi connectivity index (χ0n) is 9.02. The molecule has 3 nitrogen and oxygen atoms in total. The summed E-state index contributed by atoms with van der Waals surface area (Å²) in [4.78, 5) is 17.7. The van der Waals surface area contributed by atoms with E-state index in [1.165, 1.54) is 12.8 Å². The maximum atomic E-state index is 12.1. The SMILES string of the molecule is CN(C(=O)C1CCCC1)c1ccncc1. The first-order chi connectivity index (χ1) is 7.29. The van der Waals surface area contributed by atoms with Crippen molar-refractivity contribution in [2.45, 2.75) is 25.7 Å². The summed E-state index contributed by atoms with van der Waals surface area (Å²) in [6.45, 7) is 0. The van der Waals surface area contributed by atoms with Crippen molar-refractivity contribution < 1.29 is 4.79 Å². The van der Waals surface area contributed by atoms with Gasteiger partial charge in [0, 0.05) is 31.0 Å². The Bertz CT molecular complexity index is 331. The number of pyridine rings is 1. The van der Waals surface area contributed by atoms with E-state index in [1.807, 2.05) is 19.2 Å². The summed E-state index contributed by atoms with van der Waals surface area (Å²) in [5, 5.41) is 0. The topological polar surface area (TPSA) is 33.2 Å². The van der Waals surface area contributed by atoms with Crippen molar-refractivity contribution in [3.05, 3.63) is 24.5 Å². The van der Waals surface area contributed by atoms with Gasteiger partial charge < -0.3 is 4.90 Å². The molecule has 80 valence electrons. The van der Waals surface area contributed by atoms with Gasteiger partial charge in [-0.2, -0.15) is 0 Å². The fourth-order valence-electron chi connectivity index (χ4n) is 2.14. The largest absolute Gasteiger partial charge is 0.315 e. The molecular formula is C12H16N2O. The van der Waals surface area contributed by atoms with Gasteiger partial charge in [-0.25, -0.2) is 0 Å². The Morgan fingerprint density at radius 3 is 2.53 bits per heavy atom. The molecule has 15 heavy (non-hydrogen) atoms. The molecule has 1 fully saturated rings. The molecule has 1 saturated carbocycles. The van der Waals surface area contributed by atoms with Crippen LogP contribution in [0.3, 0.4) is 0 Å². The maximum absolute atomic E-state index is 12.1. The van der Waals surface area contributed by atoms with Crippen molar-refractivity contribution in [3.63, 3.8) is 0 Å². The number of rotatable bonds is 2. The summed E-state index contributed by atoms with van der Waals surface area (Å²) < 4.78 is 0. The van der Waals surface area contributed by atoms with Gasteiger partial charge >= 0.3 is 0 Å². The summed E-state index contributed by atoms with van der Waals surface area (Å²) in [6.07, 6.45) is 7.92.